The van der Waals surface area contributed by atoms with E-state index in [1.165, 1.54) is 13.2 Å². The molecule has 0 amide bonds. The number of carbonyl (C=O) groups is 2. The monoisotopic (exact) mass is 363 g/mol. The molecule has 130 valence electrons. The molecule has 2 aromatic rings. The average molecular weight is 363 g/mol. The van der Waals surface area contributed by atoms with Crippen LogP contribution in [0.4, 0.5) is 5.13 Å². The van der Waals surface area contributed by atoms with Crippen LogP contribution in [-0.4, -0.2) is 46.3 Å². The van der Waals surface area contributed by atoms with Crippen LogP contribution in [0.2, 0.25) is 5.82 Å². The van der Waals surface area contributed by atoms with Gasteiger partial charge in [-0.3, -0.25) is 4.79 Å². The number of carboxylic acid groups (broad SMARTS) is 1. The predicted octanol–water partition coefficient (Wildman–Crippen LogP) is 0.886. The number of rotatable bonds is 5. The maximum absolute atomic E-state index is 12.2. The highest BCUT2D eigenvalue weighted by Gasteiger charge is 2.39. The van der Waals surface area contributed by atoms with Crippen molar-refractivity contribution in [1.29, 1.82) is 0 Å². The number of carboxylic acids is 1. The number of benzene rings is 1. The van der Waals surface area contributed by atoms with Crippen molar-refractivity contribution in [3.8, 4) is 11.5 Å². The van der Waals surface area contributed by atoms with Crippen molar-refractivity contribution in [2.75, 3.05) is 12.8 Å². The number of hydrogen-bond acceptors (Lipinski definition) is 9. The summed E-state index contributed by atoms with van der Waals surface area (Å²) >= 11 is 0.972. The molecule has 9 nitrogen and oxygen atoms in total. The van der Waals surface area contributed by atoms with Gasteiger partial charge in [-0.1, -0.05) is 17.4 Å². The number of carbonyl (C=O) groups excluding carboxylic acids is 1. The molecule has 0 unspecified atom stereocenters. The molecule has 1 aromatic heterocycles. The number of nitrogens with zero attached hydrogens (tertiary/aromatic N) is 2. The summed E-state index contributed by atoms with van der Waals surface area (Å²) in [5, 5.41) is 27.2. The molecule has 4 N–H and O–H groups in total. The molecule has 3 rings (SSSR count). The van der Waals surface area contributed by atoms with Gasteiger partial charge in [0.1, 0.15) is 17.1 Å². The summed E-state index contributed by atoms with van der Waals surface area (Å²) in [6, 6.07) is 3.18. The van der Waals surface area contributed by atoms with E-state index >= 15 is 0 Å². The van der Waals surface area contributed by atoms with Gasteiger partial charge in [0.05, 0.1) is 7.11 Å². The highest BCUT2D eigenvalue weighted by molar-refractivity contribution is 7.16. The van der Waals surface area contributed by atoms with Gasteiger partial charge in [0.15, 0.2) is 10.8 Å². The Morgan fingerprint density at radius 1 is 1.48 bits per heavy atom. The lowest BCUT2D eigenvalue weighted by Crippen LogP contribution is -2.36. The molecule has 1 aliphatic rings. The minimum Gasteiger partial charge on any atom is -0.535 e. The van der Waals surface area contributed by atoms with Crippen LogP contribution >= 0.6 is 11.3 Å². The Morgan fingerprint density at radius 2 is 2.24 bits per heavy atom. The Morgan fingerprint density at radius 3 is 2.84 bits per heavy atom. The first-order chi connectivity index (χ1) is 11.9. The number of ketones is 1. The number of Topliss-reactive ketones (excluding diaryl/α,β-unsaturated/α-hetero) is 1. The van der Waals surface area contributed by atoms with Crippen LogP contribution in [0, 0.1) is 0 Å². The first kappa shape index (κ1) is 17.2. The zero-order valence-electron chi connectivity index (χ0n) is 13.1. The van der Waals surface area contributed by atoms with Crippen molar-refractivity contribution in [2.24, 2.45) is 0 Å². The molecule has 1 aliphatic heterocycles. The van der Waals surface area contributed by atoms with Crippen LogP contribution in [-0.2, 0) is 6.42 Å². The molecule has 1 atom stereocenters. The largest absolute Gasteiger partial charge is 0.535 e. The number of aromatic nitrogens is 2. The minimum atomic E-state index is -1.33. The smallest absolute Gasteiger partial charge is 0.526 e. The van der Waals surface area contributed by atoms with Gasteiger partial charge in [-0.2, -0.15) is 0 Å². The minimum absolute atomic E-state index is 0.0241. The number of nitrogen functional groups attached to an aromatic ring is 1. The van der Waals surface area contributed by atoms with Gasteiger partial charge in [-0.05, 0) is 18.1 Å². The third-order valence-electron chi connectivity index (χ3n) is 3.89. The molecule has 25 heavy (non-hydrogen) atoms. The molecule has 0 saturated carbocycles. The first-order valence-electron chi connectivity index (χ1n) is 7.30. The quantitative estimate of drug-likeness (QED) is 0.521. The molecule has 1 aromatic carbocycles. The molecule has 0 saturated heterocycles. The Hall–Kier alpha value is -2.66. The summed E-state index contributed by atoms with van der Waals surface area (Å²) in [5.74, 6) is -1.88. The number of ether oxygens (including phenoxy) is 1. The van der Waals surface area contributed by atoms with Crippen molar-refractivity contribution < 1.29 is 29.1 Å². The summed E-state index contributed by atoms with van der Waals surface area (Å²) in [5.41, 5.74) is 5.89. The van der Waals surface area contributed by atoms with E-state index in [-0.39, 0.29) is 45.8 Å². The second-order valence-electron chi connectivity index (χ2n) is 5.48. The third-order valence-corrected chi connectivity index (χ3v) is 4.68. The van der Waals surface area contributed by atoms with Gasteiger partial charge >= 0.3 is 13.1 Å². The lowest BCUT2D eigenvalue weighted by atomic mass is 9.64. The van der Waals surface area contributed by atoms with Crippen molar-refractivity contribution in [1.82, 2.24) is 10.2 Å². The molecule has 11 heteroatoms. The van der Waals surface area contributed by atoms with E-state index in [1.807, 2.05) is 0 Å². The van der Waals surface area contributed by atoms with Gasteiger partial charge in [0.2, 0.25) is 5.13 Å². The van der Waals surface area contributed by atoms with E-state index in [1.54, 1.807) is 6.07 Å². The van der Waals surface area contributed by atoms with Crippen molar-refractivity contribution >= 4 is 35.3 Å². The van der Waals surface area contributed by atoms with Gasteiger partial charge in [0, 0.05) is 12.2 Å². The fourth-order valence-electron chi connectivity index (χ4n) is 2.72. The summed E-state index contributed by atoms with van der Waals surface area (Å²) in [7, 11) is 0.0229. The zero-order chi connectivity index (χ0) is 18.1. The van der Waals surface area contributed by atoms with E-state index in [2.05, 4.69) is 10.2 Å². The zero-order valence-corrected chi connectivity index (χ0v) is 13.9. The van der Waals surface area contributed by atoms with Gasteiger partial charge in [-0.25, -0.2) is 4.79 Å². The SMILES string of the molecule is COc1ccc2c(c1C(=O)O)OB(O)[C@@H](CC(=O)c1nnc(N)s1)C2. The molecule has 2 heterocycles. The number of anilines is 1. The fourth-order valence-corrected chi connectivity index (χ4v) is 3.28. The molecule has 0 radical (unpaired) electrons. The lowest BCUT2D eigenvalue weighted by molar-refractivity contribution is 0.0689. The van der Waals surface area contributed by atoms with Crippen LogP contribution in [0.25, 0.3) is 0 Å². The molecular formula is C14H14BN3O6S. The molecule has 0 spiro atoms. The third kappa shape index (κ3) is 3.28. The van der Waals surface area contributed by atoms with Crippen molar-refractivity contribution in [3.63, 3.8) is 0 Å². The van der Waals surface area contributed by atoms with Gasteiger partial charge in [-0.15, -0.1) is 10.2 Å². The predicted molar refractivity (Wildman–Crippen MR) is 89.3 cm³/mol. The molecular weight excluding hydrogens is 349 g/mol. The van der Waals surface area contributed by atoms with E-state index in [9.17, 15) is 19.7 Å². The molecule has 0 fully saturated rings. The molecule has 0 bridgehead atoms. The van der Waals surface area contributed by atoms with Crippen LogP contribution in [0.1, 0.15) is 32.1 Å². The number of fused-ring (bicyclic) bond motifs is 1. The highest BCUT2D eigenvalue weighted by Crippen LogP contribution is 2.40. The Labute approximate surface area is 146 Å². The fraction of sp³-hybridized carbons (Fsp3) is 0.286. The molecule has 0 aliphatic carbocycles. The highest BCUT2D eigenvalue weighted by atomic mass is 32.1. The summed E-state index contributed by atoms with van der Waals surface area (Å²) in [4.78, 5) is 23.7. The maximum atomic E-state index is 12.2. The van der Waals surface area contributed by atoms with E-state index in [4.69, 9.17) is 15.1 Å². The van der Waals surface area contributed by atoms with Crippen LogP contribution in [0.3, 0.4) is 0 Å². The number of aromatic carboxylic acids is 1. The van der Waals surface area contributed by atoms with Crippen LogP contribution < -0.4 is 15.1 Å². The van der Waals surface area contributed by atoms with E-state index < -0.39 is 18.9 Å². The Balaban J connectivity index is 1.85. The standard InChI is InChI=1S/C14H14BN3O6S/c1-23-9-3-2-6-4-7(5-8(19)12-17-18-14(16)25-12)15(22)24-11(6)10(9)13(20)21/h2-3,7,22H,4-5H2,1H3,(H2,16,18)(H,20,21)/t7-/m1/s1. The second kappa shape index (κ2) is 6.69. The Bertz CT molecular complexity index is 842. The van der Waals surface area contributed by atoms with E-state index in [0.29, 0.717) is 5.56 Å². The summed E-state index contributed by atoms with van der Waals surface area (Å²) in [6.45, 7) is 0. The average Bonchev–Trinajstić information content (AvgIpc) is 3.01. The van der Waals surface area contributed by atoms with Crippen LogP contribution in [0.5, 0.6) is 11.5 Å². The van der Waals surface area contributed by atoms with Crippen LogP contribution in [0.15, 0.2) is 12.1 Å². The van der Waals surface area contributed by atoms with Gasteiger partial charge < -0.3 is 25.3 Å². The normalized spacial score (nSPS) is 16.1. The van der Waals surface area contributed by atoms with Crippen molar-refractivity contribution in [3.05, 3.63) is 28.3 Å². The maximum Gasteiger partial charge on any atom is 0.526 e. The lowest BCUT2D eigenvalue weighted by Gasteiger charge is -2.28. The summed E-state index contributed by atoms with van der Waals surface area (Å²) < 4.78 is 10.4. The first-order valence-corrected chi connectivity index (χ1v) is 8.12. The second-order valence-corrected chi connectivity index (χ2v) is 6.49. The van der Waals surface area contributed by atoms with Crippen molar-refractivity contribution in [2.45, 2.75) is 18.7 Å². The summed E-state index contributed by atoms with van der Waals surface area (Å²) in [6.07, 6.45) is 0.254. The van der Waals surface area contributed by atoms with E-state index in [0.717, 1.165) is 11.3 Å². The topological polar surface area (TPSA) is 145 Å². The number of nitrogens with two attached hydrogens (primary N) is 1. The number of methoxy groups -OCH3 is 1. The number of hydrogen-bond donors (Lipinski definition) is 3. The Kier molecular flexibility index (Phi) is 4.60. The van der Waals surface area contributed by atoms with Gasteiger partial charge in [0.25, 0.3) is 0 Å².